The lowest BCUT2D eigenvalue weighted by molar-refractivity contribution is -0.0439. The Hall–Kier alpha value is -0.905. The van der Waals surface area contributed by atoms with Crippen LogP contribution in [0.25, 0.3) is 0 Å². The van der Waals surface area contributed by atoms with Crippen molar-refractivity contribution in [1.29, 1.82) is 0 Å². The highest BCUT2D eigenvalue weighted by Crippen LogP contribution is 2.50. The Bertz CT molecular complexity index is 491. The zero-order chi connectivity index (χ0) is 13.7. The number of hydrogen-bond donors (Lipinski definition) is 1. The van der Waals surface area contributed by atoms with Gasteiger partial charge in [-0.1, -0.05) is 12.1 Å². The van der Waals surface area contributed by atoms with Gasteiger partial charge in [0.2, 0.25) is 0 Å². The molecule has 0 unspecified atom stereocenters. The molecule has 3 atom stereocenters. The van der Waals surface area contributed by atoms with Crippen molar-refractivity contribution >= 4 is 7.12 Å². The fraction of sp³-hybridized carbons (Fsp3) is 0.600. The smallest absolute Gasteiger partial charge is 0.405 e. The molecule has 5 heteroatoms. The zero-order valence-electron chi connectivity index (χ0n) is 11.4. The molecular formula is C15H19BFNO2. The van der Waals surface area contributed by atoms with Crippen LogP contribution in [-0.4, -0.2) is 25.3 Å². The van der Waals surface area contributed by atoms with E-state index in [-0.39, 0.29) is 31.1 Å². The van der Waals surface area contributed by atoms with Crippen LogP contribution >= 0.6 is 0 Å². The van der Waals surface area contributed by atoms with E-state index < -0.39 is 0 Å². The zero-order valence-corrected chi connectivity index (χ0v) is 11.4. The molecule has 3 aliphatic carbocycles. The lowest BCUT2D eigenvalue weighted by Gasteiger charge is -2.47. The first kappa shape index (κ1) is 12.8. The summed E-state index contributed by atoms with van der Waals surface area (Å²) in [5.41, 5.74) is 7.24. The largest absolute Gasteiger partial charge is 0.475 e. The molecule has 0 spiro atoms. The first-order valence-electron chi connectivity index (χ1n) is 7.50. The number of hydrogen-bond acceptors (Lipinski definition) is 3. The minimum atomic E-state index is -0.311. The van der Waals surface area contributed by atoms with Crippen molar-refractivity contribution in [1.82, 2.24) is 0 Å². The second kappa shape index (κ2) is 4.83. The third-order valence-corrected chi connectivity index (χ3v) is 5.00. The molecule has 0 aromatic heterocycles. The molecular weight excluding hydrogens is 256 g/mol. The van der Waals surface area contributed by atoms with Crippen molar-refractivity contribution in [2.45, 2.75) is 43.8 Å². The Balaban J connectivity index is 1.39. The Morgan fingerprint density at radius 2 is 1.95 bits per heavy atom. The van der Waals surface area contributed by atoms with E-state index in [9.17, 15) is 4.39 Å². The maximum Gasteiger partial charge on any atom is 0.475 e. The summed E-state index contributed by atoms with van der Waals surface area (Å²) < 4.78 is 24.9. The summed E-state index contributed by atoms with van der Waals surface area (Å²) in [4.78, 5) is 0. The van der Waals surface area contributed by atoms with Crippen molar-refractivity contribution < 1.29 is 13.7 Å². The van der Waals surface area contributed by atoms with E-state index in [0.717, 1.165) is 17.9 Å². The first-order valence-corrected chi connectivity index (χ1v) is 7.50. The fourth-order valence-electron chi connectivity index (χ4n) is 3.90. The van der Waals surface area contributed by atoms with Crippen LogP contribution in [0.15, 0.2) is 24.3 Å². The van der Waals surface area contributed by atoms with E-state index in [4.69, 9.17) is 15.0 Å². The lowest BCUT2D eigenvalue weighted by Crippen LogP contribution is -2.47. The van der Waals surface area contributed by atoms with Crippen LogP contribution < -0.4 is 5.73 Å². The van der Waals surface area contributed by atoms with E-state index in [1.807, 2.05) is 0 Å². The molecule has 1 aromatic rings. The Morgan fingerprint density at radius 1 is 1.20 bits per heavy atom. The minimum Gasteiger partial charge on any atom is -0.405 e. The van der Waals surface area contributed by atoms with Crippen molar-refractivity contribution in [2.75, 3.05) is 0 Å². The van der Waals surface area contributed by atoms with E-state index in [1.54, 1.807) is 12.1 Å². The quantitative estimate of drug-likeness (QED) is 0.857. The molecule has 4 aliphatic rings. The molecule has 2 bridgehead atoms. The summed E-state index contributed by atoms with van der Waals surface area (Å²) in [6.45, 7) is 0. The van der Waals surface area contributed by atoms with Crippen molar-refractivity contribution in [3.8, 4) is 0 Å². The predicted molar refractivity (Wildman–Crippen MR) is 74.4 cm³/mol. The maximum absolute atomic E-state index is 12.9. The van der Waals surface area contributed by atoms with Gasteiger partial charge >= 0.3 is 7.12 Å². The van der Waals surface area contributed by atoms with Crippen LogP contribution in [0.1, 0.15) is 24.8 Å². The molecule has 0 amide bonds. The van der Waals surface area contributed by atoms with Gasteiger partial charge < -0.3 is 15.0 Å². The van der Waals surface area contributed by atoms with Crippen LogP contribution in [0.2, 0.25) is 0 Å². The molecule has 1 aromatic carbocycles. The molecule has 1 aliphatic heterocycles. The third kappa shape index (κ3) is 2.18. The molecule has 3 nitrogen and oxygen atoms in total. The van der Waals surface area contributed by atoms with Crippen LogP contribution in [0, 0.1) is 17.7 Å². The van der Waals surface area contributed by atoms with Gasteiger partial charge in [0.1, 0.15) is 5.82 Å². The predicted octanol–water partition coefficient (Wildman–Crippen LogP) is 1.94. The molecule has 2 N–H and O–H groups in total. The van der Waals surface area contributed by atoms with E-state index in [1.165, 1.54) is 25.0 Å². The second-order valence-corrected chi connectivity index (χ2v) is 6.47. The Morgan fingerprint density at radius 3 is 2.65 bits per heavy atom. The lowest BCUT2D eigenvalue weighted by atomic mass is 9.63. The van der Waals surface area contributed by atoms with Gasteiger partial charge in [0.15, 0.2) is 0 Å². The molecule has 3 saturated carbocycles. The second-order valence-electron chi connectivity index (χ2n) is 6.47. The van der Waals surface area contributed by atoms with Gasteiger partial charge in [-0.15, -0.1) is 0 Å². The topological polar surface area (TPSA) is 44.5 Å². The Labute approximate surface area is 118 Å². The van der Waals surface area contributed by atoms with Crippen LogP contribution in [0.3, 0.4) is 0 Å². The van der Waals surface area contributed by atoms with Gasteiger partial charge in [-0.05, 0) is 55.2 Å². The molecule has 20 heavy (non-hydrogen) atoms. The fourth-order valence-corrected chi connectivity index (χ4v) is 3.90. The monoisotopic (exact) mass is 275 g/mol. The molecule has 5 rings (SSSR count). The standard InChI is InChI=1S/C15H19BFNO2/c17-12-3-1-9(2-4-12)8-14(18)16-19-13-7-10-5-11(6-10)15(13)20-16/h1-4,10-11,13-15H,5-8,18H2/t10-,11+,13-,14+,15+/m1/s1. The average molecular weight is 275 g/mol. The van der Waals surface area contributed by atoms with Gasteiger partial charge in [-0.2, -0.15) is 0 Å². The minimum absolute atomic E-state index is 0.191. The highest BCUT2D eigenvalue weighted by molar-refractivity contribution is 6.47. The molecule has 106 valence electrons. The average Bonchev–Trinajstić information content (AvgIpc) is 2.84. The number of rotatable bonds is 3. The van der Waals surface area contributed by atoms with E-state index >= 15 is 0 Å². The number of nitrogens with two attached hydrogens (primary N) is 1. The Kier molecular flexibility index (Phi) is 3.09. The highest BCUT2D eigenvalue weighted by atomic mass is 19.1. The summed E-state index contributed by atoms with van der Waals surface area (Å²) in [6.07, 6.45) is 4.87. The summed E-state index contributed by atoms with van der Waals surface area (Å²) in [6, 6.07) is 6.47. The van der Waals surface area contributed by atoms with Crippen LogP contribution in [-0.2, 0) is 15.7 Å². The van der Waals surface area contributed by atoms with Crippen LogP contribution in [0.5, 0.6) is 0 Å². The van der Waals surface area contributed by atoms with Gasteiger partial charge in [0.25, 0.3) is 0 Å². The normalized spacial score (nSPS) is 36.4. The summed E-state index contributed by atoms with van der Waals surface area (Å²) in [5, 5.41) is 0. The van der Waals surface area contributed by atoms with Gasteiger partial charge in [-0.25, -0.2) is 4.39 Å². The van der Waals surface area contributed by atoms with Crippen molar-refractivity contribution in [2.24, 2.45) is 17.6 Å². The van der Waals surface area contributed by atoms with Crippen LogP contribution in [0.4, 0.5) is 4.39 Å². The van der Waals surface area contributed by atoms with Crippen molar-refractivity contribution in [3.63, 3.8) is 0 Å². The van der Waals surface area contributed by atoms with Gasteiger partial charge in [0.05, 0.1) is 12.2 Å². The van der Waals surface area contributed by atoms with E-state index in [2.05, 4.69) is 0 Å². The molecule has 1 saturated heterocycles. The molecule has 4 fully saturated rings. The van der Waals surface area contributed by atoms with Gasteiger partial charge in [-0.3, -0.25) is 0 Å². The molecule has 1 heterocycles. The summed E-state index contributed by atoms with van der Waals surface area (Å²) in [7, 11) is -0.311. The SMILES string of the molecule is N[C@@H](Cc1ccc(F)cc1)B1O[C@@H]2C[C@H]3C[C@H](C3)[C@@H]2O1. The first-order chi connectivity index (χ1) is 9.69. The summed E-state index contributed by atoms with van der Waals surface area (Å²) >= 11 is 0. The van der Waals surface area contributed by atoms with E-state index in [0.29, 0.717) is 12.3 Å². The molecule has 0 radical (unpaired) electrons. The third-order valence-electron chi connectivity index (χ3n) is 5.00. The maximum atomic E-state index is 12.9. The number of halogens is 1. The summed E-state index contributed by atoms with van der Waals surface area (Å²) in [5.74, 6) is 1.11. The van der Waals surface area contributed by atoms with Crippen molar-refractivity contribution in [3.05, 3.63) is 35.6 Å². The number of benzene rings is 1. The highest BCUT2D eigenvalue weighted by Gasteiger charge is 2.54. The van der Waals surface area contributed by atoms with Gasteiger partial charge in [0, 0.05) is 5.94 Å².